The van der Waals surface area contributed by atoms with Crippen LogP contribution in [0.15, 0.2) is 35.1 Å². The fraction of sp³-hybridized carbons (Fsp3) is 0.350. The molecule has 1 fully saturated rings. The molecular formula is C20H20N4O4S. The summed E-state index contributed by atoms with van der Waals surface area (Å²) in [5, 5.41) is 7.97. The van der Waals surface area contributed by atoms with E-state index in [1.807, 2.05) is 6.92 Å². The van der Waals surface area contributed by atoms with Gasteiger partial charge in [0.15, 0.2) is 0 Å². The molecule has 4 rings (SSSR count). The van der Waals surface area contributed by atoms with Crippen LogP contribution in [0.3, 0.4) is 0 Å². The molecule has 3 aromatic rings. The molecule has 1 aromatic carbocycles. The highest BCUT2D eigenvalue weighted by Gasteiger charge is 2.28. The summed E-state index contributed by atoms with van der Waals surface area (Å²) in [5.41, 5.74) is 0.720. The van der Waals surface area contributed by atoms with Crippen LogP contribution in [0, 0.1) is 0 Å². The summed E-state index contributed by atoms with van der Waals surface area (Å²) in [7, 11) is 0. The summed E-state index contributed by atoms with van der Waals surface area (Å²) in [4.78, 5) is 41.6. The van der Waals surface area contributed by atoms with Crippen molar-refractivity contribution in [2.45, 2.75) is 45.1 Å². The number of esters is 1. The van der Waals surface area contributed by atoms with Crippen LogP contribution in [-0.2, 0) is 16.1 Å². The van der Waals surface area contributed by atoms with Gasteiger partial charge < -0.3 is 10.1 Å². The molecule has 1 amide bonds. The molecule has 0 saturated heterocycles. The Balaban J connectivity index is 1.48. The summed E-state index contributed by atoms with van der Waals surface area (Å²) < 4.78 is 6.64. The van der Waals surface area contributed by atoms with Gasteiger partial charge in [0.1, 0.15) is 11.6 Å². The normalized spacial score (nSPS) is 13.4. The van der Waals surface area contributed by atoms with Gasteiger partial charge in [-0.1, -0.05) is 30.4 Å². The molecule has 0 bridgehead atoms. The van der Waals surface area contributed by atoms with Gasteiger partial charge in [-0.05, 0) is 31.4 Å². The lowest BCUT2D eigenvalue weighted by Gasteiger charge is -2.10. The van der Waals surface area contributed by atoms with Crippen molar-refractivity contribution >= 4 is 33.9 Å². The van der Waals surface area contributed by atoms with Crippen LogP contribution < -0.4 is 10.9 Å². The third kappa shape index (κ3) is 4.34. The molecule has 0 radical (unpaired) electrons. The summed E-state index contributed by atoms with van der Waals surface area (Å²) in [5.74, 6) is -0.325. The number of carbonyl (C=O) groups excluding carboxylic acids is 2. The Hall–Kier alpha value is -3.07. The summed E-state index contributed by atoms with van der Waals surface area (Å²) >= 11 is 1.39. The highest BCUT2D eigenvalue weighted by Crippen LogP contribution is 2.41. The quantitative estimate of drug-likeness (QED) is 0.598. The number of nitrogens with zero attached hydrogens (tertiary/aromatic N) is 3. The number of fused-ring (bicyclic) bond motifs is 1. The molecular weight excluding hydrogens is 392 g/mol. The number of anilines is 1. The Labute approximate surface area is 170 Å². The minimum Gasteiger partial charge on any atom is -0.456 e. The first kappa shape index (κ1) is 19.3. The Morgan fingerprint density at radius 1 is 1.31 bits per heavy atom. The van der Waals surface area contributed by atoms with Gasteiger partial charge in [0, 0.05) is 18.4 Å². The van der Waals surface area contributed by atoms with E-state index in [2.05, 4.69) is 15.4 Å². The Morgan fingerprint density at radius 3 is 2.86 bits per heavy atom. The number of rotatable bonds is 7. The molecule has 29 heavy (non-hydrogen) atoms. The van der Waals surface area contributed by atoms with Crippen molar-refractivity contribution in [3.05, 3.63) is 57.0 Å². The minimum atomic E-state index is -0.595. The van der Waals surface area contributed by atoms with Crippen molar-refractivity contribution in [2.24, 2.45) is 0 Å². The Morgan fingerprint density at radius 2 is 2.10 bits per heavy atom. The van der Waals surface area contributed by atoms with Crippen molar-refractivity contribution in [3.8, 4) is 0 Å². The van der Waals surface area contributed by atoms with Crippen LogP contribution in [0.5, 0.6) is 0 Å². The van der Waals surface area contributed by atoms with Gasteiger partial charge in [0.05, 0.1) is 16.9 Å². The average molecular weight is 412 g/mol. The average Bonchev–Trinajstić information content (AvgIpc) is 3.46. The summed E-state index contributed by atoms with van der Waals surface area (Å²) in [6.45, 7) is 1.77. The third-order valence-corrected chi connectivity index (χ3v) is 5.56. The van der Waals surface area contributed by atoms with Crippen molar-refractivity contribution in [2.75, 3.05) is 5.32 Å². The first-order chi connectivity index (χ1) is 14.0. The van der Waals surface area contributed by atoms with E-state index < -0.39 is 5.97 Å². The molecule has 0 aliphatic heterocycles. The lowest BCUT2D eigenvalue weighted by molar-refractivity contribution is -0.116. The van der Waals surface area contributed by atoms with E-state index in [0.29, 0.717) is 35.1 Å². The topological polar surface area (TPSA) is 103 Å². The zero-order chi connectivity index (χ0) is 20.4. The number of hydrogen-bond donors (Lipinski definition) is 1. The van der Waals surface area contributed by atoms with Gasteiger partial charge >= 0.3 is 5.97 Å². The number of benzene rings is 1. The molecule has 2 aromatic heterocycles. The van der Waals surface area contributed by atoms with Gasteiger partial charge in [-0.25, -0.2) is 9.78 Å². The second-order valence-electron chi connectivity index (χ2n) is 6.91. The maximum Gasteiger partial charge on any atom is 0.340 e. The predicted octanol–water partition coefficient (Wildman–Crippen LogP) is 3.12. The van der Waals surface area contributed by atoms with E-state index in [9.17, 15) is 14.4 Å². The van der Waals surface area contributed by atoms with E-state index in [0.717, 1.165) is 17.8 Å². The lowest BCUT2D eigenvalue weighted by Crippen LogP contribution is -2.17. The SMILES string of the molecule is CCCC(=O)Nc1ccccc1C(=O)OCc1cc(=O)n2nc(C3CC3)sc2n1. The monoisotopic (exact) mass is 412 g/mol. The zero-order valence-electron chi connectivity index (χ0n) is 15.9. The molecule has 9 heteroatoms. The molecule has 0 unspecified atom stereocenters. The molecule has 2 heterocycles. The van der Waals surface area contributed by atoms with Crippen molar-refractivity contribution in [3.63, 3.8) is 0 Å². The van der Waals surface area contributed by atoms with E-state index in [1.165, 1.54) is 21.9 Å². The van der Waals surface area contributed by atoms with Gasteiger partial charge in [-0.3, -0.25) is 9.59 Å². The summed E-state index contributed by atoms with van der Waals surface area (Å²) in [6, 6.07) is 7.99. The number of aromatic nitrogens is 3. The van der Waals surface area contributed by atoms with Crippen LogP contribution in [0.25, 0.3) is 4.96 Å². The molecule has 0 spiro atoms. The largest absolute Gasteiger partial charge is 0.456 e. The third-order valence-electron chi connectivity index (χ3n) is 4.49. The number of carbonyl (C=O) groups is 2. The second-order valence-corrected chi connectivity index (χ2v) is 7.90. The second kappa shape index (κ2) is 8.12. The zero-order valence-corrected chi connectivity index (χ0v) is 16.7. The molecule has 1 aliphatic carbocycles. The number of amides is 1. The number of nitrogens with one attached hydrogen (secondary N) is 1. The van der Waals surface area contributed by atoms with Gasteiger partial charge in [-0.15, -0.1) is 0 Å². The lowest BCUT2D eigenvalue weighted by atomic mass is 10.1. The fourth-order valence-electron chi connectivity index (χ4n) is 2.87. The number of ether oxygens (including phenoxy) is 1. The van der Waals surface area contributed by atoms with Crippen LogP contribution in [0.4, 0.5) is 5.69 Å². The summed E-state index contributed by atoms with van der Waals surface area (Å²) in [6.07, 6.45) is 3.26. The van der Waals surface area contributed by atoms with E-state index in [1.54, 1.807) is 24.3 Å². The molecule has 1 N–H and O–H groups in total. The molecule has 1 saturated carbocycles. The first-order valence-corrected chi connectivity index (χ1v) is 10.3. The van der Waals surface area contributed by atoms with Crippen LogP contribution in [0.2, 0.25) is 0 Å². The van der Waals surface area contributed by atoms with Crippen LogP contribution in [0.1, 0.15) is 59.6 Å². The predicted molar refractivity (Wildman–Crippen MR) is 108 cm³/mol. The highest BCUT2D eigenvalue weighted by molar-refractivity contribution is 7.16. The standard InChI is InChI=1S/C20H20N4O4S/c1-2-5-16(25)22-15-7-4-3-6-14(15)19(27)28-11-13-10-17(26)24-20(21-13)29-18(23-24)12-8-9-12/h3-4,6-7,10,12H,2,5,8-9,11H2,1H3,(H,22,25). The molecule has 150 valence electrons. The van der Waals surface area contributed by atoms with Crippen LogP contribution >= 0.6 is 11.3 Å². The van der Waals surface area contributed by atoms with Gasteiger partial charge in [-0.2, -0.15) is 9.61 Å². The number of hydrogen-bond acceptors (Lipinski definition) is 7. The fourth-order valence-corrected chi connectivity index (χ4v) is 3.96. The van der Waals surface area contributed by atoms with Gasteiger partial charge in [0.2, 0.25) is 10.9 Å². The smallest absolute Gasteiger partial charge is 0.340 e. The van der Waals surface area contributed by atoms with Crippen molar-refractivity contribution < 1.29 is 14.3 Å². The number of para-hydroxylation sites is 1. The molecule has 0 atom stereocenters. The van der Waals surface area contributed by atoms with Crippen LogP contribution in [-0.4, -0.2) is 26.5 Å². The molecule has 1 aliphatic rings. The van der Waals surface area contributed by atoms with Crippen molar-refractivity contribution in [1.29, 1.82) is 0 Å². The molecule has 8 nitrogen and oxygen atoms in total. The van der Waals surface area contributed by atoms with E-state index >= 15 is 0 Å². The van der Waals surface area contributed by atoms with Crippen molar-refractivity contribution in [1.82, 2.24) is 14.6 Å². The van der Waals surface area contributed by atoms with Gasteiger partial charge in [0.25, 0.3) is 5.56 Å². The maximum absolute atomic E-state index is 12.5. The first-order valence-electron chi connectivity index (χ1n) is 9.51. The highest BCUT2D eigenvalue weighted by atomic mass is 32.1. The van der Waals surface area contributed by atoms with E-state index in [-0.39, 0.29) is 23.6 Å². The Bertz CT molecular complexity index is 1130. The van der Waals surface area contributed by atoms with E-state index in [4.69, 9.17) is 4.74 Å². The minimum absolute atomic E-state index is 0.140. The Kier molecular flexibility index (Phi) is 5.39. The maximum atomic E-state index is 12.5.